The molecule has 0 radical (unpaired) electrons. The minimum atomic E-state index is -1.08. The van der Waals surface area contributed by atoms with Crippen molar-refractivity contribution in [1.29, 1.82) is 0 Å². The third-order valence-corrected chi connectivity index (χ3v) is 3.13. The first-order valence-corrected chi connectivity index (χ1v) is 6.43. The third kappa shape index (κ3) is 2.75. The number of ether oxygens (including phenoxy) is 1. The summed E-state index contributed by atoms with van der Waals surface area (Å²) in [6.07, 6.45) is -0.0145. The molecule has 0 spiro atoms. The zero-order valence-electron chi connectivity index (χ0n) is 10.7. The number of para-hydroxylation sites is 1. The Hall–Kier alpha value is -2.08. The van der Waals surface area contributed by atoms with Gasteiger partial charge in [0.15, 0.2) is 6.04 Å². The van der Waals surface area contributed by atoms with Crippen molar-refractivity contribution in [3.63, 3.8) is 0 Å². The highest BCUT2D eigenvalue weighted by molar-refractivity contribution is 6.38. The molecule has 1 aliphatic heterocycles. The van der Waals surface area contributed by atoms with Gasteiger partial charge >= 0.3 is 11.9 Å². The summed E-state index contributed by atoms with van der Waals surface area (Å²) in [6.45, 7) is 1.88. The molecule has 0 amide bonds. The number of carbonyl (C=O) groups is 2. The topological polar surface area (TPSA) is 79.2 Å². The van der Waals surface area contributed by atoms with Gasteiger partial charge in [0.25, 0.3) is 0 Å². The molecule has 0 saturated heterocycles. The molecule has 1 heterocycles. The molecule has 7 heteroatoms. The van der Waals surface area contributed by atoms with Crippen LogP contribution in [0.2, 0.25) is 5.02 Å². The van der Waals surface area contributed by atoms with Crippen LogP contribution in [0.3, 0.4) is 0 Å². The van der Waals surface area contributed by atoms with Crippen LogP contribution in [-0.2, 0) is 14.3 Å². The van der Waals surface area contributed by atoms with E-state index in [0.717, 1.165) is 0 Å². The number of esters is 1. The number of hydrazone groups is 1. The van der Waals surface area contributed by atoms with E-state index in [1.54, 1.807) is 31.2 Å². The second kappa shape index (κ2) is 5.92. The quantitative estimate of drug-likeness (QED) is 0.859. The van der Waals surface area contributed by atoms with Gasteiger partial charge in [-0.05, 0) is 19.1 Å². The van der Waals surface area contributed by atoms with E-state index in [4.69, 9.17) is 16.3 Å². The number of carbonyl (C=O) groups excluding carboxylic acids is 1. The number of carboxylic acid groups (broad SMARTS) is 1. The van der Waals surface area contributed by atoms with Crippen molar-refractivity contribution in [3.8, 4) is 0 Å². The molecule has 1 N–H and O–H groups in total. The first kappa shape index (κ1) is 14.3. The zero-order valence-corrected chi connectivity index (χ0v) is 11.5. The van der Waals surface area contributed by atoms with E-state index >= 15 is 0 Å². The standard InChI is InChI=1S/C13H13ClN2O4/c1-2-20-13(19)9-7-11(12(17)18)16(15-9)10-6-4-3-5-8(10)14/h3-6,11H,2,7H2,1H3,(H,17,18)/t11-/m0/s1. The Labute approximate surface area is 120 Å². The van der Waals surface area contributed by atoms with Crippen LogP contribution in [-0.4, -0.2) is 35.4 Å². The van der Waals surface area contributed by atoms with Crippen molar-refractivity contribution in [2.24, 2.45) is 5.10 Å². The molecule has 0 aromatic heterocycles. The number of nitrogens with zero attached hydrogens (tertiary/aromatic N) is 2. The van der Waals surface area contributed by atoms with Crippen LogP contribution in [0.4, 0.5) is 5.69 Å². The summed E-state index contributed by atoms with van der Waals surface area (Å²) in [7, 11) is 0. The van der Waals surface area contributed by atoms with Gasteiger partial charge in [0.05, 0.1) is 17.3 Å². The van der Waals surface area contributed by atoms with Gasteiger partial charge in [0.2, 0.25) is 0 Å². The van der Waals surface area contributed by atoms with Crippen LogP contribution < -0.4 is 5.01 Å². The summed E-state index contributed by atoms with van der Waals surface area (Å²) >= 11 is 6.04. The molecule has 0 unspecified atom stereocenters. The van der Waals surface area contributed by atoms with E-state index < -0.39 is 18.0 Å². The minimum Gasteiger partial charge on any atom is -0.480 e. The third-order valence-electron chi connectivity index (χ3n) is 2.81. The Bertz CT molecular complexity index is 573. The van der Waals surface area contributed by atoms with Crippen molar-refractivity contribution in [3.05, 3.63) is 29.3 Å². The molecule has 20 heavy (non-hydrogen) atoms. The van der Waals surface area contributed by atoms with Gasteiger partial charge < -0.3 is 9.84 Å². The van der Waals surface area contributed by atoms with E-state index in [9.17, 15) is 14.7 Å². The SMILES string of the molecule is CCOC(=O)C1=NN(c2ccccc2Cl)[C@H](C(=O)O)C1. The zero-order chi connectivity index (χ0) is 14.7. The maximum atomic E-state index is 11.7. The number of hydrogen-bond acceptors (Lipinski definition) is 5. The Morgan fingerprint density at radius 1 is 1.50 bits per heavy atom. The Balaban J connectivity index is 2.35. The summed E-state index contributed by atoms with van der Waals surface area (Å²) in [5.41, 5.74) is 0.528. The summed E-state index contributed by atoms with van der Waals surface area (Å²) in [5, 5.41) is 14.9. The number of rotatable bonds is 4. The molecular formula is C13H13ClN2O4. The van der Waals surface area contributed by atoms with E-state index in [-0.39, 0.29) is 18.7 Å². The molecule has 0 fully saturated rings. The Morgan fingerprint density at radius 2 is 2.20 bits per heavy atom. The highest BCUT2D eigenvalue weighted by Gasteiger charge is 2.37. The van der Waals surface area contributed by atoms with Crippen molar-refractivity contribution in [1.82, 2.24) is 0 Å². The van der Waals surface area contributed by atoms with Crippen LogP contribution >= 0.6 is 11.6 Å². The lowest BCUT2D eigenvalue weighted by Gasteiger charge is -2.20. The van der Waals surface area contributed by atoms with E-state index in [1.807, 2.05) is 0 Å². The highest BCUT2D eigenvalue weighted by atomic mass is 35.5. The monoisotopic (exact) mass is 296 g/mol. The predicted molar refractivity (Wildman–Crippen MR) is 74.0 cm³/mol. The summed E-state index contributed by atoms with van der Waals surface area (Å²) in [4.78, 5) is 23.0. The van der Waals surface area contributed by atoms with Gasteiger partial charge in [0.1, 0.15) is 5.71 Å². The highest BCUT2D eigenvalue weighted by Crippen LogP contribution is 2.31. The molecule has 0 bridgehead atoms. The molecule has 6 nitrogen and oxygen atoms in total. The molecule has 2 rings (SSSR count). The maximum Gasteiger partial charge on any atom is 0.354 e. The van der Waals surface area contributed by atoms with Crippen molar-refractivity contribution in [2.45, 2.75) is 19.4 Å². The second-order valence-electron chi connectivity index (χ2n) is 4.12. The van der Waals surface area contributed by atoms with Crippen LogP contribution in [0.25, 0.3) is 0 Å². The average Bonchev–Trinajstić information content (AvgIpc) is 2.84. The normalized spacial score (nSPS) is 17.8. The van der Waals surface area contributed by atoms with Crippen molar-refractivity contribution < 1.29 is 19.4 Å². The molecule has 1 aromatic rings. The number of benzene rings is 1. The minimum absolute atomic E-state index is 0.0145. The number of anilines is 1. The second-order valence-corrected chi connectivity index (χ2v) is 4.53. The van der Waals surface area contributed by atoms with Crippen LogP contribution in [0.5, 0.6) is 0 Å². The molecule has 106 valence electrons. The van der Waals surface area contributed by atoms with Crippen molar-refractivity contribution >= 4 is 34.9 Å². The van der Waals surface area contributed by atoms with Gasteiger partial charge in [-0.15, -0.1) is 0 Å². The maximum absolute atomic E-state index is 11.7. The first-order valence-electron chi connectivity index (χ1n) is 6.05. The largest absolute Gasteiger partial charge is 0.480 e. The van der Waals surface area contributed by atoms with Gasteiger partial charge in [0, 0.05) is 6.42 Å². The number of carboxylic acids is 1. The van der Waals surface area contributed by atoms with Gasteiger partial charge in [-0.2, -0.15) is 5.10 Å². The fraction of sp³-hybridized carbons (Fsp3) is 0.308. The molecule has 1 aliphatic rings. The number of hydrogen-bond donors (Lipinski definition) is 1. The lowest BCUT2D eigenvalue weighted by Crippen LogP contribution is -2.34. The van der Waals surface area contributed by atoms with Gasteiger partial charge in [-0.3, -0.25) is 0 Å². The summed E-state index contributed by atoms with van der Waals surface area (Å²) in [6, 6.07) is 5.77. The number of aliphatic carboxylic acids is 1. The van der Waals surface area contributed by atoms with Gasteiger partial charge in [-0.1, -0.05) is 23.7 Å². The molecular weight excluding hydrogens is 284 g/mol. The first-order chi connectivity index (χ1) is 9.54. The van der Waals surface area contributed by atoms with E-state index in [0.29, 0.717) is 10.7 Å². The van der Waals surface area contributed by atoms with Crippen LogP contribution in [0, 0.1) is 0 Å². The molecule has 0 aliphatic carbocycles. The van der Waals surface area contributed by atoms with Crippen LogP contribution in [0.1, 0.15) is 13.3 Å². The Kier molecular flexibility index (Phi) is 4.24. The van der Waals surface area contributed by atoms with E-state index in [1.165, 1.54) is 5.01 Å². The molecule has 1 aromatic carbocycles. The van der Waals surface area contributed by atoms with Gasteiger partial charge in [-0.25, -0.2) is 14.6 Å². The molecule has 1 atom stereocenters. The molecule has 0 saturated carbocycles. The summed E-state index contributed by atoms with van der Waals surface area (Å²) < 4.78 is 4.85. The average molecular weight is 297 g/mol. The summed E-state index contributed by atoms with van der Waals surface area (Å²) in [5.74, 6) is -1.68. The lowest BCUT2D eigenvalue weighted by molar-refractivity contribution is -0.138. The van der Waals surface area contributed by atoms with Crippen molar-refractivity contribution in [2.75, 3.05) is 11.6 Å². The predicted octanol–water partition coefficient (Wildman–Crippen LogP) is 1.92. The van der Waals surface area contributed by atoms with E-state index in [2.05, 4.69) is 5.10 Å². The smallest absolute Gasteiger partial charge is 0.354 e. The fourth-order valence-electron chi connectivity index (χ4n) is 1.90. The number of halogens is 1. The Morgan fingerprint density at radius 3 is 2.80 bits per heavy atom. The van der Waals surface area contributed by atoms with Crippen LogP contribution in [0.15, 0.2) is 29.4 Å². The fourth-order valence-corrected chi connectivity index (χ4v) is 2.12. The lowest BCUT2D eigenvalue weighted by atomic mass is 10.1.